The third-order valence-corrected chi connectivity index (χ3v) is 2.60. The molecule has 0 aliphatic heterocycles. The average Bonchev–Trinajstić information content (AvgIpc) is 2.10. The largest absolute Gasteiger partial charge is 0.271 e. The van der Waals surface area contributed by atoms with E-state index >= 15 is 0 Å². The molecule has 0 aliphatic carbocycles. The Morgan fingerprint density at radius 1 is 1.40 bits per heavy atom. The van der Waals surface area contributed by atoms with Crippen molar-refractivity contribution in [2.75, 3.05) is 0 Å². The van der Waals surface area contributed by atoms with Gasteiger partial charge in [-0.2, -0.15) is 0 Å². The maximum atomic E-state index is 13.0. The van der Waals surface area contributed by atoms with E-state index in [1.54, 1.807) is 12.1 Å². The number of hydrogen-bond acceptors (Lipinski definition) is 2. The average molecular weight is 231 g/mol. The zero-order valence-corrected chi connectivity index (χ0v) is 9.90. The monoisotopic (exact) mass is 230 g/mol. The lowest BCUT2D eigenvalue weighted by Crippen LogP contribution is -2.36. The van der Waals surface area contributed by atoms with Gasteiger partial charge in [0, 0.05) is 0 Å². The Balaban J connectivity index is 3.08. The third-order valence-electron chi connectivity index (χ3n) is 2.31. The van der Waals surface area contributed by atoms with E-state index in [2.05, 4.69) is 26.2 Å². The molecule has 2 nitrogen and oxygen atoms in total. The molecular weight excluding hydrogens is 215 g/mol. The van der Waals surface area contributed by atoms with Gasteiger partial charge in [-0.25, -0.2) is 4.39 Å². The minimum Gasteiger partial charge on any atom is -0.271 e. The summed E-state index contributed by atoms with van der Waals surface area (Å²) in [7, 11) is 0. The normalized spacial score (nSPS) is 14.0. The highest BCUT2D eigenvalue weighted by molar-refractivity contribution is 6.30. The molecule has 0 fully saturated rings. The van der Waals surface area contributed by atoms with Crippen molar-refractivity contribution in [2.24, 2.45) is 11.3 Å². The van der Waals surface area contributed by atoms with Gasteiger partial charge in [-0.1, -0.05) is 38.4 Å². The molecule has 84 valence electrons. The van der Waals surface area contributed by atoms with Crippen LogP contribution in [0.15, 0.2) is 18.2 Å². The highest BCUT2D eigenvalue weighted by Gasteiger charge is 2.25. The minimum absolute atomic E-state index is 0.0596. The maximum Gasteiger partial charge on any atom is 0.141 e. The fraction of sp³-hybridized carbons (Fsp3) is 0.455. The Hall–Kier alpha value is -0.640. The van der Waals surface area contributed by atoms with Gasteiger partial charge < -0.3 is 0 Å². The van der Waals surface area contributed by atoms with E-state index in [0.717, 1.165) is 5.56 Å². The van der Waals surface area contributed by atoms with Crippen molar-refractivity contribution in [1.29, 1.82) is 0 Å². The first-order valence-corrected chi connectivity index (χ1v) is 5.15. The fourth-order valence-corrected chi connectivity index (χ4v) is 1.73. The van der Waals surface area contributed by atoms with Gasteiger partial charge >= 0.3 is 0 Å². The van der Waals surface area contributed by atoms with E-state index in [9.17, 15) is 4.39 Å². The molecule has 0 saturated heterocycles. The molecule has 4 heteroatoms. The van der Waals surface area contributed by atoms with Crippen molar-refractivity contribution >= 4 is 11.6 Å². The van der Waals surface area contributed by atoms with Crippen LogP contribution in [0, 0.1) is 11.2 Å². The second-order valence-corrected chi connectivity index (χ2v) is 5.05. The van der Waals surface area contributed by atoms with Gasteiger partial charge in [0.15, 0.2) is 0 Å². The van der Waals surface area contributed by atoms with Gasteiger partial charge in [-0.05, 0) is 23.1 Å². The molecule has 1 aromatic rings. The second kappa shape index (κ2) is 4.47. The highest BCUT2D eigenvalue weighted by Crippen LogP contribution is 2.33. The van der Waals surface area contributed by atoms with Crippen LogP contribution in [0.2, 0.25) is 5.02 Å². The first-order valence-electron chi connectivity index (χ1n) is 4.77. The number of benzene rings is 1. The Labute approximate surface area is 94.6 Å². The van der Waals surface area contributed by atoms with E-state index in [0.29, 0.717) is 0 Å². The van der Waals surface area contributed by atoms with Crippen molar-refractivity contribution in [2.45, 2.75) is 26.8 Å². The van der Waals surface area contributed by atoms with Gasteiger partial charge in [-0.3, -0.25) is 11.3 Å². The number of nitrogens with one attached hydrogen (secondary N) is 1. The molecule has 0 heterocycles. The molecule has 0 amide bonds. The summed E-state index contributed by atoms with van der Waals surface area (Å²) in [6.07, 6.45) is 0. The maximum absolute atomic E-state index is 13.0. The van der Waals surface area contributed by atoms with Crippen molar-refractivity contribution in [3.05, 3.63) is 34.6 Å². The quantitative estimate of drug-likeness (QED) is 0.606. The minimum atomic E-state index is -0.412. The summed E-state index contributed by atoms with van der Waals surface area (Å²) in [6.45, 7) is 6.15. The van der Waals surface area contributed by atoms with E-state index in [-0.39, 0.29) is 16.5 Å². The zero-order chi connectivity index (χ0) is 11.6. The molecule has 0 saturated carbocycles. The van der Waals surface area contributed by atoms with Crippen LogP contribution in [0.3, 0.4) is 0 Å². The van der Waals surface area contributed by atoms with Crippen LogP contribution in [0.25, 0.3) is 0 Å². The molecule has 0 aliphatic rings. The lowest BCUT2D eigenvalue weighted by molar-refractivity contribution is 0.275. The van der Waals surface area contributed by atoms with Crippen molar-refractivity contribution in [3.63, 3.8) is 0 Å². The van der Waals surface area contributed by atoms with Crippen LogP contribution in [0.5, 0.6) is 0 Å². The summed E-state index contributed by atoms with van der Waals surface area (Å²) in [5.41, 5.74) is 3.55. The van der Waals surface area contributed by atoms with E-state index < -0.39 is 5.82 Å². The Morgan fingerprint density at radius 3 is 2.40 bits per heavy atom. The number of halogens is 2. The van der Waals surface area contributed by atoms with Crippen molar-refractivity contribution < 1.29 is 4.39 Å². The Morgan fingerprint density at radius 2 is 2.00 bits per heavy atom. The summed E-state index contributed by atoms with van der Waals surface area (Å²) in [5.74, 6) is 5.08. The molecular formula is C11H16ClFN2. The lowest BCUT2D eigenvalue weighted by atomic mass is 9.83. The standard InChI is InChI=1S/C11H16ClFN2/c1-11(2,3)10(15-14)7-4-5-9(13)8(12)6-7/h4-6,10,15H,14H2,1-3H3. The molecule has 1 unspecified atom stereocenters. The van der Waals surface area contributed by atoms with E-state index in [1.807, 2.05) is 0 Å². The van der Waals surface area contributed by atoms with Gasteiger partial charge in [-0.15, -0.1) is 0 Å². The summed E-state index contributed by atoms with van der Waals surface area (Å²) < 4.78 is 13.0. The van der Waals surface area contributed by atoms with Gasteiger partial charge in [0.25, 0.3) is 0 Å². The molecule has 0 spiro atoms. The topological polar surface area (TPSA) is 38.0 Å². The SMILES string of the molecule is CC(C)(C)C(NN)c1ccc(F)c(Cl)c1. The van der Waals surface area contributed by atoms with Crippen LogP contribution in [-0.4, -0.2) is 0 Å². The summed E-state index contributed by atoms with van der Waals surface area (Å²) in [6, 6.07) is 4.59. The Bertz CT molecular complexity index is 347. The summed E-state index contributed by atoms with van der Waals surface area (Å²) >= 11 is 5.72. The second-order valence-electron chi connectivity index (χ2n) is 4.64. The molecule has 0 bridgehead atoms. The fourth-order valence-electron chi connectivity index (χ4n) is 1.54. The number of rotatable bonds is 2. The predicted molar refractivity (Wildman–Crippen MR) is 60.9 cm³/mol. The van der Waals surface area contributed by atoms with Crippen LogP contribution in [-0.2, 0) is 0 Å². The number of nitrogens with two attached hydrogens (primary N) is 1. The predicted octanol–water partition coefficient (Wildman–Crippen LogP) is 3.03. The molecule has 1 rings (SSSR count). The smallest absolute Gasteiger partial charge is 0.141 e. The van der Waals surface area contributed by atoms with Crippen molar-refractivity contribution in [3.8, 4) is 0 Å². The molecule has 0 aromatic heterocycles. The van der Waals surface area contributed by atoms with Gasteiger partial charge in [0.1, 0.15) is 5.82 Å². The molecule has 3 N–H and O–H groups in total. The van der Waals surface area contributed by atoms with Crippen LogP contribution in [0.1, 0.15) is 32.4 Å². The summed E-state index contributed by atoms with van der Waals surface area (Å²) in [5, 5.41) is 0.122. The zero-order valence-electron chi connectivity index (χ0n) is 9.14. The number of hydrogen-bond donors (Lipinski definition) is 2. The Kier molecular flexibility index (Phi) is 3.71. The van der Waals surface area contributed by atoms with Gasteiger partial charge in [0.2, 0.25) is 0 Å². The molecule has 15 heavy (non-hydrogen) atoms. The van der Waals surface area contributed by atoms with Crippen LogP contribution >= 0.6 is 11.6 Å². The van der Waals surface area contributed by atoms with E-state index in [4.69, 9.17) is 17.4 Å². The lowest BCUT2D eigenvalue weighted by Gasteiger charge is -2.30. The summed E-state index contributed by atoms with van der Waals surface area (Å²) in [4.78, 5) is 0. The molecule has 1 aromatic carbocycles. The first kappa shape index (κ1) is 12.4. The van der Waals surface area contributed by atoms with E-state index in [1.165, 1.54) is 6.07 Å². The molecule has 0 radical (unpaired) electrons. The molecule has 1 atom stereocenters. The van der Waals surface area contributed by atoms with Crippen LogP contribution in [0.4, 0.5) is 4.39 Å². The van der Waals surface area contributed by atoms with Crippen molar-refractivity contribution in [1.82, 2.24) is 5.43 Å². The van der Waals surface area contributed by atoms with Crippen LogP contribution < -0.4 is 11.3 Å². The first-order chi connectivity index (χ1) is 6.86. The highest BCUT2D eigenvalue weighted by atomic mass is 35.5. The van der Waals surface area contributed by atoms with Gasteiger partial charge in [0.05, 0.1) is 11.1 Å². The number of hydrazine groups is 1. The third kappa shape index (κ3) is 2.91.